The van der Waals surface area contributed by atoms with Gasteiger partial charge in [-0.15, -0.1) is 11.3 Å². The maximum Gasteiger partial charge on any atom is 0.238 e. The van der Waals surface area contributed by atoms with Gasteiger partial charge in [0.25, 0.3) is 0 Å². The van der Waals surface area contributed by atoms with Gasteiger partial charge in [0.05, 0.1) is 6.54 Å². The molecule has 132 valence electrons. The van der Waals surface area contributed by atoms with E-state index in [2.05, 4.69) is 45.9 Å². The molecule has 0 spiro atoms. The van der Waals surface area contributed by atoms with Crippen molar-refractivity contribution in [2.24, 2.45) is 5.92 Å². The number of nitrogens with zero attached hydrogens (tertiary/aromatic N) is 1. The molecule has 4 heteroatoms. The van der Waals surface area contributed by atoms with Gasteiger partial charge in [-0.1, -0.05) is 30.3 Å². The molecule has 0 unspecified atom stereocenters. The van der Waals surface area contributed by atoms with Crippen LogP contribution in [0.3, 0.4) is 0 Å². The van der Waals surface area contributed by atoms with Gasteiger partial charge in [-0.3, -0.25) is 9.69 Å². The fourth-order valence-corrected chi connectivity index (χ4v) is 5.10. The first-order valence-electron chi connectivity index (χ1n) is 9.37. The number of anilines is 1. The largest absolute Gasteiger partial charge is 0.325 e. The predicted octanol–water partition coefficient (Wildman–Crippen LogP) is 4.85. The van der Waals surface area contributed by atoms with Gasteiger partial charge < -0.3 is 5.32 Å². The molecule has 1 N–H and O–H groups in total. The molecule has 1 aromatic heterocycles. The number of nitrogens with one attached hydrogen (secondary N) is 1. The molecule has 0 radical (unpaired) electrons. The third-order valence-corrected chi connectivity index (χ3v) is 6.56. The summed E-state index contributed by atoms with van der Waals surface area (Å²) in [5.74, 6) is 0.821. The summed E-state index contributed by atoms with van der Waals surface area (Å²) < 4.78 is 0. The van der Waals surface area contributed by atoms with Crippen molar-refractivity contribution >= 4 is 33.7 Å². The number of rotatable bonds is 4. The minimum atomic E-state index is 0.0876. The predicted molar refractivity (Wildman–Crippen MR) is 108 cm³/mol. The maximum absolute atomic E-state index is 12.7. The average molecular weight is 362 g/mol. The van der Waals surface area contributed by atoms with Gasteiger partial charge >= 0.3 is 0 Å². The van der Waals surface area contributed by atoms with Crippen molar-refractivity contribution in [3.8, 4) is 0 Å². The minimum Gasteiger partial charge on any atom is -0.325 e. The molecule has 1 fully saturated rings. The van der Waals surface area contributed by atoms with Gasteiger partial charge in [0, 0.05) is 23.2 Å². The van der Waals surface area contributed by atoms with Gasteiger partial charge in [-0.25, -0.2) is 0 Å². The van der Waals surface area contributed by atoms with Crippen molar-refractivity contribution in [2.75, 3.05) is 18.4 Å². The Morgan fingerprint density at radius 3 is 2.81 bits per heavy atom. The van der Waals surface area contributed by atoms with Crippen molar-refractivity contribution < 1.29 is 4.79 Å². The molecular weight excluding hydrogens is 340 g/mol. The number of fused-ring (bicyclic) bond motifs is 2. The van der Waals surface area contributed by atoms with Crippen molar-refractivity contribution in [1.82, 2.24) is 4.90 Å². The molecule has 0 saturated heterocycles. The summed E-state index contributed by atoms with van der Waals surface area (Å²) in [7, 11) is 0. The molecule has 3 nitrogen and oxygen atoms in total. The van der Waals surface area contributed by atoms with Crippen LogP contribution in [0.25, 0.3) is 10.8 Å². The van der Waals surface area contributed by atoms with Gasteiger partial charge in [-0.05, 0) is 65.1 Å². The lowest BCUT2D eigenvalue weighted by molar-refractivity contribution is -0.118. The quantitative estimate of drug-likeness (QED) is 0.720. The first kappa shape index (κ1) is 16.0. The summed E-state index contributed by atoms with van der Waals surface area (Å²) in [6.07, 6.45) is 3.66. The number of thiophene rings is 1. The summed E-state index contributed by atoms with van der Waals surface area (Å²) in [5.41, 5.74) is 2.35. The van der Waals surface area contributed by atoms with E-state index in [0.717, 1.165) is 30.0 Å². The Morgan fingerprint density at radius 2 is 1.96 bits per heavy atom. The summed E-state index contributed by atoms with van der Waals surface area (Å²) in [5, 5.41) is 7.66. The summed E-state index contributed by atoms with van der Waals surface area (Å²) >= 11 is 1.87. The highest BCUT2D eigenvalue weighted by molar-refractivity contribution is 7.10. The first-order valence-corrected chi connectivity index (χ1v) is 10.2. The molecule has 1 aliphatic carbocycles. The average Bonchev–Trinajstić information content (AvgIpc) is 3.37. The second-order valence-corrected chi connectivity index (χ2v) is 8.41. The standard InChI is InChI=1S/C22H22N2OS/c25-21(23-18-8-7-15-3-1-2-4-17(15)13-18)14-24-11-9-20-19(10-12-26-20)22(24)16-5-6-16/h1-4,7-8,10,12-13,16,22H,5-6,9,11,14H2,(H,23,25)/t22-/m1/s1. The van der Waals surface area contributed by atoms with Gasteiger partial charge in [-0.2, -0.15) is 0 Å². The van der Waals surface area contributed by atoms with Crippen molar-refractivity contribution in [2.45, 2.75) is 25.3 Å². The second-order valence-electron chi connectivity index (χ2n) is 7.41. The van der Waals surface area contributed by atoms with Crippen LogP contribution in [0, 0.1) is 5.92 Å². The van der Waals surface area contributed by atoms with E-state index in [1.807, 2.05) is 29.5 Å². The fourth-order valence-electron chi connectivity index (χ4n) is 4.19. The van der Waals surface area contributed by atoms with E-state index in [1.165, 1.54) is 28.7 Å². The van der Waals surface area contributed by atoms with E-state index in [0.29, 0.717) is 12.6 Å². The molecule has 1 aliphatic heterocycles. The summed E-state index contributed by atoms with van der Waals surface area (Å²) in [4.78, 5) is 16.6. The monoisotopic (exact) mass is 362 g/mol. The van der Waals surface area contributed by atoms with Crippen LogP contribution in [-0.4, -0.2) is 23.9 Å². The van der Waals surface area contributed by atoms with E-state index >= 15 is 0 Å². The van der Waals surface area contributed by atoms with Gasteiger partial charge in [0.2, 0.25) is 5.91 Å². The number of amides is 1. The minimum absolute atomic E-state index is 0.0876. The fraction of sp³-hybridized carbons (Fsp3) is 0.318. The molecule has 1 atom stereocenters. The lowest BCUT2D eigenvalue weighted by atomic mass is 9.96. The molecule has 2 heterocycles. The number of carbonyl (C=O) groups is 1. The first-order chi connectivity index (χ1) is 12.8. The van der Waals surface area contributed by atoms with Gasteiger partial charge in [0.15, 0.2) is 0 Å². The van der Waals surface area contributed by atoms with Crippen molar-refractivity contribution in [3.05, 3.63) is 64.4 Å². The van der Waals surface area contributed by atoms with Crippen LogP contribution in [0.15, 0.2) is 53.9 Å². The van der Waals surface area contributed by atoms with Crippen LogP contribution in [0.2, 0.25) is 0 Å². The molecule has 3 aromatic rings. The molecule has 2 aromatic carbocycles. The highest BCUT2D eigenvalue weighted by atomic mass is 32.1. The Balaban J connectivity index is 1.31. The summed E-state index contributed by atoms with van der Waals surface area (Å²) in [6, 6.07) is 17.1. The van der Waals surface area contributed by atoms with Crippen LogP contribution in [0.4, 0.5) is 5.69 Å². The van der Waals surface area contributed by atoms with E-state index < -0.39 is 0 Å². The van der Waals surface area contributed by atoms with E-state index in [1.54, 1.807) is 0 Å². The molecule has 5 rings (SSSR count). The molecule has 1 amide bonds. The third kappa shape index (κ3) is 3.04. The molecular formula is C22H22N2OS. The van der Waals surface area contributed by atoms with Crippen LogP contribution >= 0.6 is 11.3 Å². The second kappa shape index (κ2) is 6.53. The van der Waals surface area contributed by atoms with E-state index in [9.17, 15) is 4.79 Å². The zero-order chi connectivity index (χ0) is 17.5. The SMILES string of the molecule is O=C(CN1CCc2sccc2[C@H]1C1CC1)Nc1ccc2ccccc2c1. The number of hydrogen-bond acceptors (Lipinski definition) is 3. The van der Waals surface area contributed by atoms with Crippen LogP contribution in [0.1, 0.15) is 29.3 Å². The zero-order valence-corrected chi connectivity index (χ0v) is 15.5. The Kier molecular flexibility index (Phi) is 4.03. The smallest absolute Gasteiger partial charge is 0.238 e. The Morgan fingerprint density at radius 1 is 1.12 bits per heavy atom. The Bertz CT molecular complexity index is 959. The maximum atomic E-state index is 12.7. The molecule has 2 aliphatic rings. The lowest BCUT2D eigenvalue weighted by Gasteiger charge is -2.35. The Hall–Kier alpha value is -2.17. The van der Waals surface area contributed by atoms with E-state index in [-0.39, 0.29) is 5.91 Å². The zero-order valence-electron chi connectivity index (χ0n) is 14.7. The number of hydrogen-bond donors (Lipinski definition) is 1. The lowest BCUT2D eigenvalue weighted by Crippen LogP contribution is -2.41. The normalized spacial score (nSPS) is 20.1. The van der Waals surface area contributed by atoms with Crippen molar-refractivity contribution in [3.63, 3.8) is 0 Å². The molecule has 26 heavy (non-hydrogen) atoms. The highest BCUT2D eigenvalue weighted by Crippen LogP contribution is 2.48. The number of carbonyl (C=O) groups excluding carboxylic acids is 1. The van der Waals surface area contributed by atoms with Crippen LogP contribution in [-0.2, 0) is 11.2 Å². The van der Waals surface area contributed by atoms with Crippen LogP contribution < -0.4 is 5.32 Å². The van der Waals surface area contributed by atoms with Gasteiger partial charge in [0.1, 0.15) is 0 Å². The highest BCUT2D eigenvalue weighted by Gasteiger charge is 2.40. The van der Waals surface area contributed by atoms with Crippen LogP contribution in [0.5, 0.6) is 0 Å². The van der Waals surface area contributed by atoms with Crippen molar-refractivity contribution in [1.29, 1.82) is 0 Å². The van der Waals surface area contributed by atoms with E-state index in [4.69, 9.17) is 0 Å². The topological polar surface area (TPSA) is 32.3 Å². The summed E-state index contributed by atoms with van der Waals surface area (Å²) in [6.45, 7) is 1.46. The number of benzene rings is 2. The Labute approximate surface area is 157 Å². The third-order valence-electron chi connectivity index (χ3n) is 5.57. The molecule has 1 saturated carbocycles. The molecule has 0 bridgehead atoms.